The fourth-order valence-corrected chi connectivity index (χ4v) is 2.85. The third-order valence-corrected chi connectivity index (χ3v) is 4.34. The number of carboxylic acid groups (broad SMARTS) is 1. The zero-order valence-electron chi connectivity index (χ0n) is 15.8. The van der Waals surface area contributed by atoms with Crippen LogP contribution >= 0.6 is 11.6 Å². The van der Waals surface area contributed by atoms with Crippen LogP contribution in [0.4, 0.5) is 0 Å². The van der Waals surface area contributed by atoms with E-state index in [9.17, 15) is 4.79 Å². The van der Waals surface area contributed by atoms with Crippen molar-refractivity contribution in [1.29, 1.82) is 0 Å². The fraction of sp³-hybridized carbons (Fsp3) is 0.381. The topological polar surface area (TPSA) is 65.0 Å². The maximum absolute atomic E-state index is 10.7. The fourth-order valence-electron chi connectivity index (χ4n) is 2.56. The van der Waals surface area contributed by atoms with Gasteiger partial charge in [-0.15, -0.1) is 0 Å². The molecule has 1 N–H and O–H groups in total. The van der Waals surface area contributed by atoms with E-state index >= 15 is 0 Å². The number of ether oxygens (including phenoxy) is 3. The van der Waals surface area contributed by atoms with Gasteiger partial charge in [0.2, 0.25) is 0 Å². The standard InChI is InChI=1S/C21H25ClO5/c1-14(2)16-5-7-17(8-6-16)26-10-11-27-21-18(22)12-15(4-9-20(23)24)13-19(21)25-3/h5-8,12-14H,4,9-11H2,1-3H3,(H,23,24). The highest BCUT2D eigenvalue weighted by atomic mass is 35.5. The molecular weight excluding hydrogens is 368 g/mol. The maximum Gasteiger partial charge on any atom is 0.303 e. The van der Waals surface area contributed by atoms with Crippen LogP contribution in [0.25, 0.3) is 0 Å². The van der Waals surface area contributed by atoms with Crippen LogP contribution in [0.2, 0.25) is 5.02 Å². The molecule has 0 unspecified atom stereocenters. The summed E-state index contributed by atoms with van der Waals surface area (Å²) in [6, 6.07) is 11.4. The molecule has 146 valence electrons. The summed E-state index contributed by atoms with van der Waals surface area (Å²) in [7, 11) is 1.52. The molecule has 27 heavy (non-hydrogen) atoms. The number of benzene rings is 2. The maximum atomic E-state index is 10.7. The Bertz CT molecular complexity index is 756. The van der Waals surface area contributed by atoms with Crippen LogP contribution in [-0.2, 0) is 11.2 Å². The van der Waals surface area contributed by atoms with E-state index in [0.29, 0.717) is 42.1 Å². The minimum atomic E-state index is -0.857. The van der Waals surface area contributed by atoms with E-state index in [-0.39, 0.29) is 6.42 Å². The van der Waals surface area contributed by atoms with Crippen molar-refractivity contribution in [2.75, 3.05) is 20.3 Å². The summed E-state index contributed by atoms with van der Waals surface area (Å²) in [5.74, 6) is 1.31. The number of methoxy groups -OCH3 is 1. The molecule has 0 saturated carbocycles. The first-order chi connectivity index (χ1) is 12.9. The van der Waals surface area contributed by atoms with Gasteiger partial charge in [0.1, 0.15) is 19.0 Å². The van der Waals surface area contributed by atoms with Crippen molar-refractivity contribution >= 4 is 17.6 Å². The Morgan fingerprint density at radius 3 is 2.37 bits per heavy atom. The van der Waals surface area contributed by atoms with Gasteiger partial charge in [-0.2, -0.15) is 0 Å². The van der Waals surface area contributed by atoms with Gasteiger partial charge in [0, 0.05) is 6.42 Å². The Balaban J connectivity index is 1.91. The number of carbonyl (C=O) groups is 1. The van der Waals surface area contributed by atoms with Crippen molar-refractivity contribution in [3.05, 3.63) is 52.5 Å². The summed E-state index contributed by atoms with van der Waals surface area (Å²) in [6.45, 7) is 4.96. The second-order valence-corrected chi connectivity index (χ2v) is 6.83. The zero-order chi connectivity index (χ0) is 19.8. The van der Waals surface area contributed by atoms with Gasteiger partial charge < -0.3 is 19.3 Å². The van der Waals surface area contributed by atoms with Gasteiger partial charge in [-0.25, -0.2) is 0 Å². The molecule has 0 aliphatic rings. The number of aryl methyl sites for hydroxylation is 1. The van der Waals surface area contributed by atoms with E-state index < -0.39 is 5.97 Å². The minimum absolute atomic E-state index is 0.0309. The molecule has 5 nitrogen and oxygen atoms in total. The number of carboxylic acids is 1. The molecule has 0 radical (unpaired) electrons. The molecule has 0 saturated heterocycles. The van der Waals surface area contributed by atoms with Gasteiger partial charge in [0.25, 0.3) is 0 Å². The molecule has 0 fully saturated rings. The quantitative estimate of drug-likeness (QED) is 0.579. The highest BCUT2D eigenvalue weighted by Gasteiger charge is 2.13. The van der Waals surface area contributed by atoms with Crippen LogP contribution < -0.4 is 14.2 Å². The van der Waals surface area contributed by atoms with Crippen LogP contribution in [0.15, 0.2) is 36.4 Å². The van der Waals surface area contributed by atoms with Crippen molar-refractivity contribution in [2.24, 2.45) is 0 Å². The summed E-state index contributed by atoms with van der Waals surface area (Å²) < 4.78 is 16.7. The largest absolute Gasteiger partial charge is 0.493 e. The highest BCUT2D eigenvalue weighted by Crippen LogP contribution is 2.36. The van der Waals surface area contributed by atoms with E-state index in [2.05, 4.69) is 26.0 Å². The van der Waals surface area contributed by atoms with Crippen LogP contribution in [-0.4, -0.2) is 31.4 Å². The number of hydrogen-bond acceptors (Lipinski definition) is 4. The van der Waals surface area contributed by atoms with Crippen molar-refractivity contribution in [3.63, 3.8) is 0 Å². The second-order valence-electron chi connectivity index (χ2n) is 6.42. The Kier molecular flexibility index (Phi) is 7.80. The zero-order valence-corrected chi connectivity index (χ0v) is 16.6. The molecule has 0 aliphatic heterocycles. The van der Waals surface area contributed by atoms with E-state index in [4.69, 9.17) is 30.9 Å². The lowest BCUT2D eigenvalue weighted by Gasteiger charge is -2.14. The Morgan fingerprint density at radius 1 is 1.11 bits per heavy atom. The van der Waals surface area contributed by atoms with Crippen LogP contribution in [0.1, 0.15) is 37.3 Å². The Morgan fingerprint density at radius 2 is 1.78 bits per heavy atom. The van der Waals surface area contributed by atoms with Gasteiger partial charge in [0.15, 0.2) is 11.5 Å². The first kappa shape index (κ1) is 20.9. The molecule has 2 rings (SSSR count). The highest BCUT2D eigenvalue weighted by molar-refractivity contribution is 6.32. The molecule has 0 spiro atoms. The SMILES string of the molecule is COc1cc(CCC(=O)O)cc(Cl)c1OCCOc1ccc(C(C)C)cc1. The summed E-state index contributed by atoms with van der Waals surface area (Å²) >= 11 is 6.28. The molecule has 0 bridgehead atoms. The summed E-state index contributed by atoms with van der Waals surface area (Å²) in [5.41, 5.74) is 2.05. The average molecular weight is 393 g/mol. The van der Waals surface area contributed by atoms with E-state index in [0.717, 1.165) is 11.3 Å². The van der Waals surface area contributed by atoms with Crippen LogP contribution in [0.3, 0.4) is 0 Å². The van der Waals surface area contributed by atoms with Crippen molar-refractivity contribution < 1.29 is 24.1 Å². The predicted molar refractivity (Wildman–Crippen MR) is 105 cm³/mol. The summed E-state index contributed by atoms with van der Waals surface area (Å²) in [6.07, 6.45) is 0.407. The van der Waals surface area contributed by atoms with Crippen LogP contribution in [0, 0.1) is 0 Å². The molecule has 2 aromatic carbocycles. The lowest BCUT2D eigenvalue weighted by Crippen LogP contribution is -2.10. The number of halogens is 1. The Labute approximate surface area is 164 Å². The van der Waals surface area contributed by atoms with Gasteiger partial charge in [-0.1, -0.05) is 37.6 Å². The molecule has 0 atom stereocenters. The van der Waals surface area contributed by atoms with Crippen LogP contribution in [0.5, 0.6) is 17.2 Å². The molecule has 0 heterocycles. The lowest BCUT2D eigenvalue weighted by molar-refractivity contribution is -0.136. The number of rotatable bonds is 10. The van der Waals surface area contributed by atoms with E-state index in [1.807, 2.05) is 12.1 Å². The molecule has 0 aliphatic carbocycles. The molecule has 0 amide bonds. The lowest BCUT2D eigenvalue weighted by atomic mass is 10.0. The first-order valence-corrected chi connectivity index (χ1v) is 9.22. The normalized spacial score (nSPS) is 10.7. The van der Waals surface area contributed by atoms with Gasteiger partial charge in [0.05, 0.1) is 12.1 Å². The van der Waals surface area contributed by atoms with E-state index in [1.54, 1.807) is 12.1 Å². The number of hydrogen-bond donors (Lipinski definition) is 1. The van der Waals surface area contributed by atoms with Gasteiger partial charge >= 0.3 is 5.97 Å². The smallest absolute Gasteiger partial charge is 0.303 e. The molecule has 0 aromatic heterocycles. The first-order valence-electron chi connectivity index (χ1n) is 8.84. The third-order valence-electron chi connectivity index (χ3n) is 4.06. The Hall–Kier alpha value is -2.40. The molecular formula is C21H25ClO5. The predicted octanol–water partition coefficient (Wildman–Crippen LogP) is 4.95. The molecule has 2 aromatic rings. The van der Waals surface area contributed by atoms with Gasteiger partial charge in [-0.05, 0) is 47.7 Å². The average Bonchev–Trinajstić information content (AvgIpc) is 2.64. The van der Waals surface area contributed by atoms with E-state index in [1.165, 1.54) is 12.7 Å². The summed E-state index contributed by atoms with van der Waals surface area (Å²) in [4.78, 5) is 10.7. The van der Waals surface area contributed by atoms with Gasteiger partial charge in [-0.3, -0.25) is 4.79 Å². The monoisotopic (exact) mass is 392 g/mol. The molecule has 6 heteroatoms. The van der Waals surface area contributed by atoms with Crippen molar-refractivity contribution in [2.45, 2.75) is 32.6 Å². The minimum Gasteiger partial charge on any atom is -0.493 e. The number of aliphatic carboxylic acids is 1. The van der Waals surface area contributed by atoms with Crippen molar-refractivity contribution in [3.8, 4) is 17.2 Å². The third kappa shape index (κ3) is 6.36. The summed E-state index contributed by atoms with van der Waals surface area (Å²) in [5, 5.41) is 9.19. The van der Waals surface area contributed by atoms with Crippen molar-refractivity contribution in [1.82, 2.24) is 0 Å². The second kappa shape index (κ2) is 10.1.